The van der Waals surface area contributed by atoms with Gasteiger partial charge in [0.05, 0.1) is 28.6 Å². The van der Waals surface area contributed by atoms with Crippen molar-refractivity contribution in [2.45, 2.75) is 6.10 Å². The first kappa shape index (κ1) is 8.83. The molecule has 0 aromatic carbocycles. The molecule has 0 saturated carbocycles. The summed E-state index contributed by atoms with van der Waals surface area (Å²) in [5.41, 5.74) is 0. The summed E-state index contributed by atoms with van der Waals surface area (Å²) >= 11 is 0. The molecule has 6 heteroatoms. The zero-order valence-electron chi connectivity index (χ0n) is 4.52. The predicted molar refractivity (Wildman–Crippen MR) is 27.7 cm³/mol. The summed E-state index contributed by atoms with van der Waals surface area (Å²) in [6.45, 7) is -0.707. The van der Waals surface area contributed by atoms with Crippen LogP contribution in [0, 0.1) is 0 Å². The van der Waals surface area contributed by atoms with Crippen LogP contribution in [0.2, 0.25) is 0 Å². The van der Waals surface area contributed by atoms with E-state index in [0.29, 0.717) is 0 Å². The van der Waals surface area contributed by atoms with Crippen molar-refractivity contribution in [3.63, 3.8) is 0 Å². The molecule has 0 radical (unpaired) electrons. The highest BCUT2D eigenvalue weighted by Gasteiger charge is 2.05. The SMILES string of the molecule is O=S(=O)([O-])CC(O)CO. The maximum atomic E-state index is 9.77. The summed E-state index contributed by atoms with van der Waals surface area (Å²) in [5.74, 6) is -0.927. The molecular formula is C3H7O5S-. The standard InChI is InChI=1S/C3H8O5S/c4-1-3(5)2-9(6,7)8/h3-5H,1-2H2,(H,6,7,8)/p-1. The van der Waals surface area contributed by atoms with Crippen molar-refractivity contribution in [2.75, 3.05) is 12.4 Å². The number of hydrogen-bond donors (Lipinski definition) is 2. The lowest BCUT2D eigenvalue weighted by molar-refractivity contribution is 0.110. The molecule has 0 aliphatic carbocycles. The molecule has 5 nitrogen and oxygen atoms in total. The van der Waals surface area contributed by atoms with Crippen molar-refractivity contribution in [2.24, 2.45) is 0 Å². The Hall–Kier alpha value is -0.170. The van der Waals surface area contributed by atoms with Gasteiger partial charge in [-0.15, -0.1) is 0 Å². The molecule has 0 aromatic heterocycles. The second kappa shape index (κ2) is 3.11. The zero-order valence-corrected chi connectivity index (χ0v) is 5.34. The Kier molecular flexibility index (Phi) is 3.06. The molecular weight excluding hydrogens is 148 g/mol. The lowest BCUT2D eigenvalue weighted by atomic mass is 10.4. The van der Waals surface area contributed by atoms with Crippen LogP contribution in [-0.4, -0.2) is 41.6 Å². The van der Waals surface area contributed by atoms with Crippen molar-refractivity contribution >= 4 is 10.1 Å². The Morgan fingerprint density at radius 1 is 1.56 bits per heavy atom. The first-order valence-electron chi connectivity index (χ1n) is 2.18. The molecule has 0 saturated heterocycles. The third kappa shape index (κ3) is 5.71. The Morgan fingerprint density at radius 3 is 2.11 bits per heavy atom. The van der Waals surface area contributed by atoms with Crippen LogP contribution in [0.3, 0.4) is 0 Å². The van der Waals surface area contributed by atoms with E-state index >= 15 is 0 Å². The molecule has 0 aliphatic heterocycles. The van der Waals surface area contributed by atoms with E-state index in [1.54, 1.807) is 0 Å². The second-order valence-corrected chi connectivity index (χ2v) is 3.01. The third-order valence-electron chi connectivity index (χ3n) is 0.607. The summed E-state index contributed by atoms with van der Waals surface area (Å²) in [7, 11) is -4.40. The quantitative estimate of drug-likeness (QED) is 0.454. The van der Waals surface area contributed by atoms with E-state index in [4.69, 9.17) is 10.2 Å². The Morgan fingerprint density at radius 2 is 2.00 bits per heavy atom. The maximum Gasteiger partial charge on any atom is 0.0972 e. The van der Waals surface area contributed by atoms with E-state index in [9.17, 15) is 13.0 Å². The number of aliphatic hydroxyl groups excluding tert-OH is 2. The Bertz CT molecular complexity index is 159. The normalized spacial score (nSPS) is 15.4. The zero-order chi connectivity index (χ0) is 7.49. The minimum Gasteiger partial charge on any atom is -0.748 e. The minimum absolute atomic E-state index is 0.707. The first-order chi connectivity index (χ1) is 3.95. The summed E-state index contributed by atoms with van der Waals surface area (Å²) in [4.78, 5) is 0. The molecule has 0 rings (SSSR count). The van der Waals surface area contributed by atoms with Crippen molar-refractivity contribution in [1.29, 1.82) is 0 Å². The topological polar surface area (TPSA) is 97.7 Å². The lowest BCUT2D eigenvalue weighted by Crippen LogP contribution is -2.23. The van der Waals surface area contributed by atoms with Gasteiger partial charge in [0, 0.05) is 0 Å². The molecule has 0 bridgehead atoms. The van der Waals surface area contributed by atoms with Gasteiger partial charge in [0.2, 0.25) is 0 Å². The summed E-state index contributed by atoms with van der Waals surface area (Å²) in [5, 5.41) is 16.4. The molecule has 0 amide bonds. The van der Waals surface area contributed by atoms with Gasteiger partial charge < -0.3 is 14.8 Å². The van der Waals surface area contributed by atoms with Crippen molar-refractivity contribution in [3.05, 3.63) is 0 Å². The minimum atomic E-state index is -4.40. The monoisotopic (exact) mass is 155 g/mol. The highest BCUT2D eigenvalue weighted by atomic mass is 32.2. The highest BCUT2D eigenvalue weighted by molar-refractivity contribution is 7.85. The van der Waals surface area contributed by atoms with Crippen LogP contribution in [0.15, 0.2) is 0 Å². The van der Waals surface area contributed by atoms with Gasteiger partial charge in [-0.25, -0.2) is 8.42 Å². The van der Waals surface area contributed by atoms with Gasteiger partial charge in [0.15, 0.2) is 0 Å². The molecule has 1 atom stereocenters. The van der Waals surface area contributed by atoms with Gasteiger partial charge in [-0.1, -0.05) is 0 Å². The summed E-state index contributed by atoms with van der Waals surface area (Å²) in [6.07, 6.45) is -1.45. The molecule has 1 unspecified atom stereocenters. The van der Waals surface area contributed by atoms with E-state index in [0.717, 1.165) is 0 Å². The van der Waals surface area contributed by atoms with Crippen LogP contribution in [0.25, 0.3) is 0 Å². The van der Waals surface area contributed by atoms with E-state index in [1.807, 2.05) is 0 Å². The molecule has 56 valence electrons. The smallest absolute Gasteiger partial charge is 0.0972 e. The van der Waals surface area contributed by atoms with Gasteiger partial charge in [-0.2, -0.15) is 0 Å². The molecule has 0 aliphatic rings. The van der Waals surface area contributed by atoms with Gasteiger partial charge in [-0.05, 0) is 0 Å². The van der Waals surface area contributed by atoms with Crippen LogP contribution >= 0.6 is 0 Å². The number of hydrogen-bond acceptors (Lipinski definition) is 5. The van der Waals surface area contributed by atoms with E-state index in [-0.39, 0.29) is 0 Å². The fraction of sp³-hybridized carbons (Fsp3) is 1.00. The fourth-order valence-electron chi connectivity index (χ4n) is 0.288. The molecule has 2 N–H and O–H groups in total. The summed E-state index contributed by atoms with van der Waals surface area (Å²) in [6, 6.07) is 0. The van der Waals surface area contributed by atoms with E-state index in [2.05, 4.69) is 0 Å². The van der Waals surface area contributed by atoms with Crippen LogP contribution in [0.1, 0.15) is 0 Å². The average molecular weight is 155 g/mol. The lowest BCUT2D eigenvalue weighted by Gasteiger charge is -2.09. The molecule has 9 heavy (non-hydrogen) atoms. The van der Waals surface area contributed by atoms with Crippen molar-refractivity contribution in [3.8, 4) is 0 Å². The molecule has 0 aromatic rings. The van der Waals surface area contributed by atoms with Gasteiger partial charge in [-0.3, -0.25) is 0 Å². The largest absolute Gasteiger partial charge is 0.748 e. The van der Waals surface area contributed by atoms with Gasteiger partial charge in [0.1, 0.15) is 0 Å². The van der Waals surface area contributed by atoms with Crippen LogP contribution < -0.4 is 0 Å². The highest BCUT2D eigenvalue weighted by Crippen LogP contribution is 1.87. The third-order valence-corrected chi connectivity index (χ3v) is 1.40. The van der Waals surface area contributed by atoms with Crippen LogP contribution in [-0.2, 0) is 10.1 Å². The van der Waals surface area contributed by atoms with Gasteiger partial charge >= 0.3 is 0 Å². The number of aliphatic hydroxyl groups is 2. The summed E-state index contributed by atoms with van der Waals surface area (Å²) < 4.78 is 29.3. The maximum absolute atomic E-state index is 9.77. The van der Waals surface area contributed by atoms with Crippen LogP contribution in [0.5, 0.6) is 0 Å². The Labute approximate surface area is 52.7 Å². The van der Waals surface area contributed by atoms with E-state index in [1.165, 1.54) is 0 Å². The molecule has 0 heterocycles. The van der Waals surface area contributed by atoms with Crippen molar-refractivity contribution in [1.82, 2.24) is 0 Å². The van der Waals surface area contributed by atoms with Crippen LogP contribution in [0.4, 0.5) is 0 Å². The molecule has 0 spiro atoms. The predicted octanol–water partition coefficient (Wildman–Crippen LogP) is -2.12. The molecule has 0 fully saturated rings. The van der Waals surface area contributed by atoms with E-state index < -0.39 is 28.6 Å². The fourth-order valence-corrected chi connectivity index (χ4v) is 0.865. The second-order valence-electron chi connectivity index (χ2n) is 1.56. The van der Waals surface area contributed by atoms with Gasteiger partial charge in [0.25, 0.3) is 0 Å². The Balaban J connectivity index is 3.75. The van der Waals surface area contributed by atoms with Crippen molar-refractivity contribution < 1.29 is 23.2 Å². The average Bonchev–Trinajstić information content (AvgIpc) is 1.62. The number of rotatable bonds is 3. The first-order valence-corrected chi connectivity index (χ1v) is 3.76.